The fraction of sp³-hybridized carbons (Fsp3) is 0.143. The molecule has 0 aliphatic carbocycles. The van der Waals surface area contributed by atoms with Crippen LogP contribution < -0.4 is 11.1 Å². The molecule has 0 unspecified atom stereocenters. The maximum absolute atomic E-state index is 12.2. The number of nitrogens with zero attached hydrogens (tertiary/aromatic N) is 1. The van der Waals surface area contributed by atoms with Gasteiger partial charge < -0.3 is 11.1 Å². The van der Waals surface area contributed by atoms with E-state index in [9.17, 15) is 4.79 Å². The number of aromatic nitrogens is 1. The van der Waals surface area contributed by atoms with Crippen molar-refractivity contribution in [3.05, 3.63) is 53.3 Å². The van der Waals surface area contributed by atoms with Gasteiger partial charge in [-0.15, -0.1) is 0 Å². The Labute approximate surface area is 106 Å². The molecule has 0 saturated heterocycles. The first-order chi connectivity index (χ1) is 8.58. The number of benzene rings is 1. The van der Waals surface area contributed by atoms with Crippen molar-refractivity contribution >= 4 is 17.3 Å². The van der Waals surface area contributed by atoms with Crippen LogP contribution in [0, 0.1) is 13.8 Å². The molecule has 0 bridgehead atoms. The molecule has 1 aromatic carbocycles. The summed E-state index contributed by atoms with van der Waals surface area (Å²) in [6.45, 7) is 3.74. The van der Waals surface area contributed by atoms with E-state index in [2.05, 4.69) is 10.3 Å². The summed E-state index contributed by atoms with van der Waals surface area (Å²) in [6, 6.07) is 8.98. The van der Waals surface area contributed by atoms with Gasteiger partial charge in [-0.25, -0.2) is 0 Å². The maximum Gasteiger partial charge on any atom is 0.258 e. The molecule has 18 heavy (non-hydrogen) atoms. The number of pyridine rings is 1. The molecule has 2 aromatic rings. The van der Waals surface area contributed by atoms with E-state index in [1.165, 1.54) is 0 Å². The summed E-state index contributed by atoms with van der Waals surface area (Å²) in [7, 11) is 0. The lowest BCUT2D eigenvalue weighted by Gasteiger charge is -2.10. The lowest BCUT2D eigenvalue weighted by Crippen LogP contribution is -2.15. The van der Waals surface area contributed by atoms with Gasteiger partial charge in [-0.2, -0.15) is 0 Å². The average molecular weight is 241 g/mol. The zero-order valence-electron chi connectivity index (χ0n) is 10.4. The van der Waals surface area contributed by atoms with E-state index < -0.39 is 0 Å². The first kappa shape index (κ1) is 12.1. The molecule has 2 rings (SSSR count). The number of amides is 1. The molecule has 0 fully saturated rings. The highest BCUT2D eigenvalue weighted by Crippen LogP contribution is 2.18. The topological polar surface area (TPSA) is 68.0 Å². The Bertz CT molecular complexity index is 573. The number of rotatable bonds is 2. The molecule has 4 nitrogen and oxygen atoms in total. The summed E-state index contributed by atoms with van der Waals surface area (Å²) >= 11 is 0. The van der Waals surface area contributed by atoms with Gasteiger partial charge in [0.2, 0.25) is 0 Å². The van der Waals surface area contributed by atoms with Gasteiger partial charge in [0.25, 0.3) is 5.91 Å². The maximum atomic E-state index is 12.2. The van der Waals surface area contributed by atoms with Crippen LogP contribution in [0.15, 0.2) is 36.5 Å². The minimum Gasteiger partial charge on any atom is -0.398 e. The van der Waals surface area contributed by atoms with Gasteiger partial charge in [-0.3, -0.25) is 9.78 Å². The standard InChI is InChI=1S/C14H15N3O/c1-9-4-3-5-12(15)13(9)14(18)17-11-6-7-16-10(2)8-11/h3-8H,15H2,1-2H3,(H,16,17,18). The highest BCUT2D eigenvalue weighted by Gasteiger charge is 2.12. The molecule has 0 aliphatic heterocycles. The first-order valence-corrected chi connectivity index (χ1v) is 5.67. The molecule has 0 saturated carbocycles. The third kappa shape index (κ3) is 2.48. The minimum absolute atomic E-state index is 0.198. The van der Waals surface area contributed by atoms with Crippen molar-refractivity contribution in [2.75, 3.05) is 11.1 Å². The smallest absolute Gasteiger partial charge is 0.258 e. The summed E-state index contributed by atoms with van der Waals surface area (Å²) < 4.78 is 0. The van der Waals surface area contributed by atoms with Crippen molar-refractivity contribution in [1.82, 2.24) is 4.98 Å². The molecule has 0 spiro atoms. The van der Waals surface area contributed by atoms with E-state index in [4.69, 9.17) is 5.73 Å². The van der Waals surface area contributed by atoms with Gasteiger partial charge in [0.1, 0.15) is 0 Å². The van der Waals surface area contributed by atoms with Crippen LogP contribution in [-0.2, 0) is 0 Å². The van der Waals surface area contributed by atoms with Crippen molar-refractivity contribution in [3.63, 3.8) is 0 Å². The SMILES string of the molecule is Cc1cc(NC(=O)c2c(C)cccc2N)ccn1. The minimum atomic E-state index is -0.198. The van der Waals surface area contributed by atoms with Crippen molar-refractivity contribution in [2.45, 2.75) is 13.8 Å². The number of hydrogen-bond donors (Lipinski definition) is 2. The Morgan fingerprint density at radius 1 is 1.28 bits per heavy atom. The van der Waals surface area contributed by atoms with Gasteiger partial charge in [0, 0.05) is 23.3 Å². The predicted molar refractivity (Wildman–Crippen MR) is 72.5 cm³/mol. The van der Waals surface area contributed by atoms with Gasteiger partial charge in [0.15, 0.2) is 0 Å². The predicted octanol–water partition coefficient (Wildman–Crippen LogP) is 2.53. The zero-order valence-corrected chi connectivity index (χ0v) is 10.4. The molecule has 1 aromatic heterocycles. The quantitative estimate of drug-likeness (QED) is 0.794. The third-order valence-electron chi connectivity index (χ3n) is 2.69. The van der Waals surface area contributed by atoms with Gasteiger partial charge in [-0.1, -0.05) is 12.1 Å². The van der Waals surface area contributed by atoms with Crippen LogP contribution in [0.5, 0.6) is 0 Å². The largest absolute Gasteiger partial charge is 0.398 e. The van der Waals surface area contributed by atoms with Crippen molar-refractivity contribution in [1.29, 1.82) is 0 Å². The fourth-order valence-electron chi connectivity index (χ4n) is 1.82. The second-order valence-corrected chi connectivity index (χ2v) is 4.18. The molecule has 1 amide bonds. The second kappa shape index (κ2) is 4.87. The molecule has 0 radical (unpaired) electrons. The normalized spacial score (nSPS) is 10.1. The summed E-state index contributed by atoms with van der Waals surface area (Å²) in [5.41, 5.74) is 9.27. The summed E-state index contributed by atoms with van der Waals surface area (Å²) in [6.07, 6.45) is 1.66. The number of nitrogen functional groups attached to an aromatic ring is 1. The Balaban J connectivity index is 2.28. The number of anilines is 2. The Kier molecular flexibility index (Phi) is 3.28. The third-order valence-corrected chi connectivity index (χ3v) is 2.69. The van der Waals surface area contributed by atoms with Crippen LogP contribution in [0.2, 0.25) is 0 Å². The van der Waals surface area contributed by atoms with E-state index in [1.54, 1.807) is 18.3 Å². The molecular weight excluding hydrogens is 226 g/mol. The van der Waals surface area contributed by atoms with Crippen molar-refractivity contribution in [3.8, 4) is 0 Å². The van der Waals surface area contributed by atoms with Gasteiger partial charge >= 0.3 is 0 Å². The van der Waals surface area contributed by atoms with Gasteiger partial charge in [-0.05, 0) is 37.6 Å². The highest BCUT2D eigenvalue weighted by molar-refractivity contribution is 6.08. The number of nitrogens with one attached hydrogen (secondary N) is 1. The Morgan fingerprint density at radius 2 is 2.06 bits per heavy atom. The number of nitrogens with two attached hydrogens (primary N) is 1. The molecular formula is C14H15N3O. The number of carbonyl (C=O) groups excluding carboxylic acids is 1. The van der Waals surface area contributed by atoms with Crippen LogP contribution in [0.4, 0.5) is 11.4 Å². The van der Waals surface area contributed by atoms with E-state index in [-0.39, 0.29) is 5.91 Å². The lowest BCUT2D eigenvalue weighted by molar-refractivity contribution is 0.102. The Morgan fingerprint density at radius 3 is 2.72 bits per heavy atom. The molecule has 3 N–H and O–H groups in total. The van der Waals surface area contributed by atoms with Crippen LogP contribution in [0.25, 0.3) is 0 Å². The van der Waals surface area contributed by atoms with Crippen LogP contribution in [0.3, 0.4) is 0 Å². The Hall–Kier alpha value is -2.36. The van der Waals surface area contributed by atoms with Crippen LogP contribution in [0.1, 0.15) is 21.6 Å². The molecule has 1 heterocycles. The number of carbonyl (C=O) groups is 1. The number of aryl methyl sites for hydroxylation is 2. The molecule has 0 aliphatic rings. The van der Waals surface area contributed by atoms with E-state index in [0.29, 0.717) is 11.3 Å². The van der Waals surface area contributed by atoms with Crippen molar-refractivity contribution in [2.24, 2.45) is 0 Å². The summed E-state index contributed by atoms with van der Waals surface area (Å²) in [4.78, 5) is 16.2. The summed E-state index contributed by atoms with van der Waals surface area (Å²) in [5.74, 6) is -0.198. The lowest BCUT2D eigenvalue weighted by atomic mass is 10.1. The van der Waals surface area contributed by atoms with Crippen molar-refractivity contribution < 1.29 is 4.79 Å². The first-order valence-electron chi connectivity index (χ1n) is 5.67. The van der Waals surface area contributed by atoms with Crippen LogP contribution in [-0.4, -0.2) is 10.9 Å². The fourth-order valence-corrected chi connectivity index (χ4v) is 1.82. The van der Waals surface area contributed by atoms with Crippen LogP contribution >= 0.6 is 0 Å². The monoisotopic (exact) mass is 241 g/mol. The van der Waals surface area contributed by atoms with E-state index in [1.807, 2.05) is 32.0 Å². The number of hydrogen-bond acceptors (Lipinski definition) is 3. The zero-order chi connectivity index (χ0) is 13.1. The molecule has 92 valence electrons. The second-order valence-electron chi connectivity index (χ2n) is 4.18. The van der Waals surface area contributed by atoms with Gasteiger partial charge in [0.05, 0.1) is 5.56 Å². The van der Waals surface area contributed by atoms with E-state index >= 15 is 0 Å². The highest BCUT2D eigenvalue weighted by atomic mass is 16.1. The molecule has 4 heteroatoms. The molecule has 0 atom stereocenters. The van der Waals surface area contributed by atoms with E-state index in [0.717, 1.165) is 16.9 Å². The summed E-state index contributed by atoms with van der Waals surface area (Å²) in [5, 5.41) is 2.82. The average Bonchev–Trinajstić information content (AvgIpc) is 2.28.